The molecule has 6 rings (SSSR count). The van der Waals surface area contributed by atoms with Gasteiger partial charge < -0.3 is 15.8 Å². The van der Waals surface area contributed by atoms with Crippen LogP contribution in [0.3, 0.4) is 0 Å². The standard InChI is InChI=1S/C35H42F3N5O/c1-5-9-24-29-32(31(38)28(30(24)37)25-19-21(3)18-22-10-11-26(36)23(6-2)27(22)25)41-34(42(4)33(29)40-15-14-39)44-20-35-12-7-16-43(35)17-8-13-35/h2,10-11,18-19,33-34,40-41H,5,7-9,12-17,20,39H2,1,3-4H3. The van der Waals surface area contributed by atoms with Gasteiger partial charge in [0.05, 0.1) is 29.6 Å². The fourth-order valence-electron chi connectivity index (χ4n) is 7.75. The topological polar surface area (TPSA) is 65.8 Å². The average Bonchev–Trinajstić information content (AvgIpc) is 3.59. The van der Waals surface area contributed by atoms with Crippen LogP contribution in [-0.4, -0.2) is 61.5 Å². The maximum atomic E-state index is 17.1. The molecule has 3 aliphatic heterocycles. The first-order chi connectivity index (χ1) is 21.2. The van der Waals surface area contributed by atoms with E-state index in [4.69, 9.17) is 16.9 Å². The molecule has 3 aliphatic rings. The molecule has 2 saturated heterocycles. The highest BCUT2D eigenvalue weighted by Gasteiger charge is 2.46. The third kappa shape index (κ3) is 5.07. The number of hydrogen-bond donors (Lipinski definition) is 3. The van der Waals surface area contributed by atoms with Crippen LogP contribution < -0.4 is 16.4 Å². The van der Waals surface area contributed by atoms with Gasteiger partial charge in [-0.15, -0.1) is 6.42 Å². The number of hydrogen-bond acceptors (Lipinski definition) is 6. The van der Waals surface area contributed by atoms with E-state index in [-0.39, 0.29) is 27.9 Å². The number of ether oxygens (including phenoxy) is 1. The molecule has 234 valence electrons. The van der Waals surface area contributed by atoms with Crippen LogP contribution in [0.1, 0.15) is 67.4 Å². The molecule has 0 aliphatic carbocycles. The highest BCUT2D eigenvalue weighted by Crippen LogP contribution is 2.46. The lowest BCUT2D eigenvalue weighted by Crippen LogP contribution is -2.54. The minimum Gasteiger partial charge on any atom is -0.345 e. The van der Waals surface area contributed by atoms with Crippen LogP contribution >= 0.6 is 0 Å². The van der Waals surface area contributed by atoms with Gasteiger partial charge in [-0.2, -0.15) is 0 Å². The lowest BCUT2D eigenvalue weighted by atomic mass is 9.87. The van der Waals surface area contributed by atoms with Gasteiger partial charge in [0.2, 0.25) is 0 Å². The third-order valence-corrected chi connectivity index (χ3v) is 9.76. The SMILES string of the molecule is C#Cc1c(F)ccc2cc(C)cc(-c3c(F)c(CCC)c4c(c3F)NC(OCC35CCCN3CCC5)N(C)C4NCCN)c12. The molecule has 4 N–H and O–H groups in total. The zero-order valence-corrected chi connectivity index (χ0v) is 25.8. The van der Waals surface area contributed by atoms with Crippen molar-refractivity contribution < 1.29 is 17.9 Å². The minimum absolute atomic E-state index is 0.000961. The van der Waals surface area contributed by atoms with Crippen molar-refractivity contribution >= 4 is 16.5 Å². The van der Waals surface area contributed by atoms with E-state index in [9.17, 15) is 4.39 Å². The summed E-state index contributed by atoms with van der Waals surface area (Å²) in [6, 6.07) is 6.43. The molecule has 6 nitrogen and oxygen atoms in total. The van der Waals surface area contributed by atoms with Gasteiger partial charge in [-0.05, 0) is 87.3 Å². The Morgan fingerprint density at radius 1 is 1.16 bits per heavy atom. The molecular weight excluding hydrogens is 563 g/mol. The molecule has 0 aromatic heterocycles. The van der Waals surface area contributed by atoms with E-state index in [0.717, 1.165) is 44.3 Å². The molecule has 0 radical (unpaired) electrons. The summed E-state index contributed by atoms with van der Waals surface area (Å²) in [6.45, 7) is 7.28. The van der Waals surface area contributed by atoms with Crippen molar-refractivity contribution in [1.82, 2.24) is 15.1 Å². The minimum atomic E-state index is -0.751. The van der Waals surface area contributed by atoms with Crippen LogP contribution in [0.4, 0.5) is 18.9 Å². The molecule has 0 amide bonds. The predicted molar refractivity (Wildman–Crippen MR) is 170 cm³/mol. The number of aryl methyl sites for hydroxylation is 1. The average molecular weight is 606 g/mol. The molecule has 44 heavy (non-hydrogen) atoms. The van der Waals surface area contributed by atoms with E-state index in [1.54, 1.807) is 12.1 Å². The summed E-state index contributed by atoms with van der Waals surface area (Å²) in [5, 5.41) is 7.68. The van der Waals surface area contributed by atoms with E-state index in [0.29, 0.717) is 54.4 Å². The number of rotatable bonds is 9. The van der Waals surface area contributed by atoms with Crippen LogP contribution in [0.2, 0.25) is 0 Å². The van der Waals surface area contributed by atoms with E-state index in [1.807, 2.05) is 31.9 Å². The fraction of sp³-hybridized carbons (Fsp3) is 0.486. The summed E-state index contributed by atoms with van der Waals surface area (Å²) in [5.41, 5.74) is 7.75. The Morgan fingerprint density at radius 2 is 1.91 bits per heavy atom. The number of fused-ring (bicyclic) bond motifs is 3. The van der Waals surface area contributed by atoms with Crippen molar-refractivity contribution in [3.63, 3.8) is 0 Å². The van der Waals surface area contributed by atoms with Crippen LogP contribution in [-0.2, 0) is 11.2 Å². The zero-order valence-electron chi connectivity index (χ0n) is 25.8. The molecule has 2 unspecified atom stereocenters. The highest BCUT2D eigenvalue weighted by atomic mass is 19.1. The van der Waals surface area contributed by atoms with Crippen molar-refractivity contribution in [3.05, 3.63) is 64.0 Å². The Balaban J connectivity index is 1.53. The second-order valence-corrected chi connectivity index (χ2v) is 12.5. The molecule has 0 spiro atoms. The quantitative estimate of drug-likeness (QED) is 0.260. The number of terminal acetylenes is 1. The van der Waals surface area contributed by atoms with Gasteiger partial charge in [-0.25, -0.2) is 18.1 Å². The molecule has 3 aromatic carbocycles. The Morgan fingerprint density at radius 3 is 2.59 bits per heavy atom. The molecule has 3 aromatic rings. The molecule has 9 heteroatoms. The largest absolute Gasteiger partial charge is 0.345 e. The first-order valence-electron chi connectivity index (χ1n) is 15.8. The molecular formula is C35H42F3N5O. The Kier molecular flexibility index (Phi) is 8.66. The Hall–Kier alpha value is -3.13. The van der Waals surface area contributed by atoms with Crippen LogP contribution in [0.25, 0.3) is 21.9 Å². The second kappa shape index (κ2) is 12.3. The van der Waals surface area contributed by atoms with Crippen LogP contribution in [0.5, 0.6) is 0 Å². The van der Waals surface area contributed by atoms with E-state index >= 15 is 8.78 Å². The van der Waals surface area contributed by atoms with Crippen molar-refractivity contribution in [2.45, 2.75) is 70.4 Å². The number of nitrogens with zero attached hydrogens (tertiary/aromatic N) is 2. The lowest BCUT2D eigenvalue weighted by Gasteiger charge is -2.44. The Labute approximate surface area is 258 Å². The van der Waals surface area contributed by atoms with Gasteiger partial charge in [-0.3, -0.25) is 10.2 Å². The van der Waals surface area contributed by atoms with Crippen molar-refractivity contribution in [2.75, 3.05) is 45.2 Å². The summed E-state index contributed by atoms with van der Waals surface area (Å²) in [5.74, 6) is 0.403. The predicted octanol–water partition coefficient (Wildman–Crippen LogP) is 6.00. The lowest BCUT2D eigenvalue weighted by molar-refractivity contribution is -0.0892. The maximum absolute atomic E-state index is 17.1. The molecule has 0 saturated carbocycles. The maximum Gasteiger partial charge on any atom is 0.188 e. The van der Waals surface area contributed by atoms with E-state index in [1.165, 1.54) is 6.07 Å². The number of nitrogens with two attached hydrogens (primary N) is 1. The first kappa shape index (κ1) is 30.9. The van der Waals surface area contributed by atoms with Crippen LogP contribution in [0, 0.1) is 36.7 Å². The zero-order chi connectivity index (χ0) is 31.2. The summed E-state index contributed by atoms with van der Waals surface area (Å²) < 4.78 is 55.5. The monoisotopic (exact) mass is 605 g/mol. The first-order valence-corrected chi connectivity index (χ1v) is 15.8. The van der Waals surface area contributed by atoms with Gasteiger partial charge in [-0.1, -0.05) is 37.5 Å². The van der Waals surface area contributed by atoms with Gasteiger partial charge in [0.25, 0.3) is 0 Å². The smallest absolute Gasteiger partial charge is 0.188 e. The van der Waals surface area contributed by atoms with Crippen molar-refractivity contribution in [3.8, 4) is 23.5 Å². The van der Waals surface area contributed by atoms with E-state index < -0.39 is 30.0 Å². The molecule has 3 heterocycles. The summed E-state index contributed by atoms with van der Waals surface area (Å²) in [7, 11) is 1.89. The van der Waals surface area contributed by atoms with E-state index in [2.05, 4.69) is 21.5 Å². The van der Waals surface area contributed by atoms with Gasteiger partial charge in [0.1, 0.15) is 11.6 Å². The molecule has 0 bridgehead atoms. The number of nitrogens with one attached hydrogen (secondary N) is 2. The van der Waals surface area contributed by atoms with Crippen molar-refractivity contribution in [2.24, 2.45) is 5.73 Å². The van der Waals surface area contributed by atoms with Crippen LogP contribution in [0.15, 0.2) is 24.3 Å². The summed E-state index contributed by atoms with van der Waals surface area (Å²) >= 11 is 0. The molecule has 2 atom stereocenters. The van der Waals surface area contributed by atoms with Gasteiger partial charge >= 0.3 is 0 Å². The molecule has 2 fully saturated rings. The number of anilines is 1. The third-order valence-electron chi connectivity index (χ3n) is 9.76. The number of halogens is 3. The second-order valence-electron chi connectivity index (χ2n) is 12.5. The summed E-state index contributed by atoms with van der Waals surface area (Å²) in [4.78, 5) is 4.47. The van der Waals surface area contributed by atoms with Gasteiger partial charge in [0, 0.05) is 29.6 Å². The van der Waals surface area contributed by atoms with Gasteiger partial charge in [0.15, 0.2) is 12.2 Å². The fourth-order valence-corrected chi connectivity index (χ4v) is 7.75. The normalized spacial score (nSPS) is 21.3. The highest BCUT2D eigenvalue weighted by molar-refractivity contribution is 6.02. The van der Waals surface area contributed by atoms with Crippen molar-refractivity contribution in [1.29, 1.82) is 0 Å². The Bertz CT molecular complexity index is 1610. The number of benzene rings is 3. The summed E-state index contributed by atoms with van der Waals surface area (Å²) in [6.07, 6.45) is 9.98.